The zero-order chi connectivity index (χ0) is 28.7. The van der Waals surface area contributed by atoms with Crippen LogP contribution in [0.3, 0.4) is 0 Å². The fourth-order valence-corrected chi connectivity index (χ4v) is 6.54. The van der Waals surface area contributed by atoms with E-state index in [1.54, 1.807) is 18.3 Å². The number of H-pyrrole nitrogens is 1. The van der Waals surface area contributed by atoms with E-state index in [9.17, 15) is 22.4 Å². The number of pyridine rings is 2. The van der Waals surface area contributed by atoms with E-state index in [1.807, 2.05) is 18.2 Å². The van der Waals surface area contributed by atoms with Crippen molar-refractivity contribution in [3.05, 3.63) is 70.1 Å². The standard InChI is InChI=1S/C31H29FN4O4S/c1-2-3-7-20-14-26-28(15-25(20)21-13-23(18-34-17-21)40-41(32,38)39)36(22-8-5-4-6-9-22)31-29(30(26)37)24-11-10-19(16-33)12-27(24)35-31/h10-15,17-18,22,35H,2-9H2,1H3. The average molecular weight is 573 g/mol. The molecule has 0 spiro atoms. The number of hydrogen-bond donors (Lipinski definition) is 1. The molecule has 3 heterocycles. The first-order valence-electron chi connectivity index (χ1n) is 13.9. The summed E-state index contributed by atoms with van der Waals surface area (Å²) in [4.78, 5) is 21.8. The molecule has 3 aromatic heterocycles. The highest BCUT2D eigenvalue weighted by Gasteiger charge is 2.24. The second-order valence-corrected chi connectivity index (χ2v) is 11.7. The Kier molecular flexibility index (Phi) is 6.99. The molecule has 0 unspecified atom stereocenters. The number of hydrogen-bond acceptors (Lipinski definition) is 6. The summed E-state index contributed by atoms with van der Waals surface area (Å²) in [5.74, 6) is -0.226. The van der Waals surface area contributed by atoms with Gasteiger partial charge in [0.25, 0.3) is 0 Å². The number of nitriles is 1. The van der Waals surface area contributed by atoms with Crippen molar-refractivity contribution in [2.24, 2.45) is 0 Å². The molecule has 1 fully saturated rings. The van der Waals surface area contributed by atoms with Crippen molar-refractivity contribution in [3.63, 3.8) is 0 Å². The number of aromatic amines is 1. The number of rotatable bonds is 7. The van der Waals surface area contributed by atoms with Crippen LogP contribution in [0.25, 0.3) is 44.0 Å². The fourth-order valence-electron chi connectivity index (χ4n) is 6.22. The quantitative estimate of drug-likeness (QED) is 0.210. The highest BCUT2D eigenvalue weighted by molar-refractivity contribution is 7.81. The molecule has 8 nitrogen and oxygen atoms in total. The Morgan fingerprint density at radius 2 is 1.93 bits per heavy atom. The third-order valence-corrected chi connectivity index (χ3v) is 8.45. The van der Waals surface area contributed by atoms with Crippen LogP contribution < -0.4 is 9.61 Å². The van der Waals surface area contributed by atoms with Crippen molar-refractivity contribution in [1.29, 1.82) is 5.26 Å². The number of aromatic nitrogens is 3. The molecule has 1 N–H and O–H groups in total. The van der Waals surface area contributed by atoms with Gasteiger partial charge in [-0.25, -0.2) is 0 Å². The summed E-state index contributed by atoms with van der Waals surface area (Å²) in [7, 11) is -5.21. The molecule has 1 aliphatic carbocycles. The number of nitrogens with one attached hydrogen (secondary N) is 1. The largest absolute Gasteiger partial charge is 0.488 e. The molecule has 0 amide bonds. The van der Waals surface area contributed by atoms with E-state index in [0.717, 1.165) is 77.9 Å². The van der Waals surface area contributed by atoms with Gasteiger partial charge >= 0.3 is 10.5 Å². The minimum absolute atomic E-state index is 0.0824. The molecule has 1 saturated carbocycles. The van der Waals surface area contributed by atoms with Crippen LogP contribution in [0.1, 0.15) is 69.0 Å². The summed E-state index contributed by atoms with van der Waals surface area (Å²) in [6.45, 7) is 2.09. The smallest absolute Gasteiger partial charge is 0.357 e. The molecule has 0 aliphatic heterocycles. The summed E-state index contributed by atoms with van der Waals surface area (Å²) in [5, 5.41) is 11.5. The molecular weight excluding hydrogens is 543 g/mol. The lowest BCUT2D eigenvalue weighted by molar-refractivity contribution is 0.365. The first-order chi connectivity index (χ1) is 19.8. The van der Waals surface area contributed by atoms with E-state index < -0.39 is 10.5 Å². The molecule has 0 atom stereocenters. The lowest BCUT2D eigenvalue weighted by Gasteiger charge is -2.28. The van der Waals surface area contributed by atoms with Crippen molar-refractivity contribution >= 4 is 43.3 Å². The third kappa shape index (κ3) is 5.06. The highest BCUT2D eigenvalue weighted by Crippen LogP contribution is 2.38. The highest BCUT2D eigenvalue weighted by atomic mass is 32.3. The molecule has 0 bridgehead atoms. The van der Waals surface area contributed by atoms with Crippen LogP contribution in [0.2, 0.25) is 0 Å². The van der Waals surface area contributed by atoms with Crippen LogP contribution >= 0.6 is 0 Å². The summed E-state index contributed by atoms with van der Waals surface area (Å²) >= 11 is 0. The Balaban J connectivity index is 1.69. The number of benzene rings is 2. The zero-order valence-corrected chi connectivity index (χ0v) is 23.4. The summed E-state index contributed by atoms with van der Waals surface area (Å²) in [6.07, 6.45) is 10.5. The molecular formula is C31H29FN4O4S. The van der Waals surface area contributed by atoms with Crippen LogP contribution in [0.15, 0.2) is 53.6 Å². The van der Waals surface area contributed by atoms with E-state index in [4.69, 9.17) is 0 Å². The minimum Gasteiger partial charge on any atom is -0.357 e. The van der Waals surface area contributed by atoms with Gasteiger partial charge in [-0.2, -0.15) is 13.7 Å². The zero-order valence-electron chi connectivity index (χ0n) is 22.6. The van der Waals surface area contributed by atoms with Gasteiger partial charge in [-0.05, 0) is 67.1 Å². The Hall–Kier alpha value is -4.23. The summed E-state index contributed by atoms with van der Waals surface area (Å²) in [5.41, 5.74) is 4.93. The summed E-state index contributed by atoms with van der Waals surface area (Å²) < 4.78 is 42.3. The van der Waals surface area contributed by atoms with Gasteiger partial charge in [-0.15, -0.1) is 0 Å². The second-order valence-electron chi connectivity index (χ2n) is 10.7. The topological polar surface area (TPSA) is 118 Å². The minimum atomic E-state index is -5.21. The van der Waals surface area contributed by atoms with Gasteiger partial charge in [-0.1, -0.05) is 42.6 Å². The van der Waals surface area contributed by atoms with Crippen molar-refractivity contribution in [2.45, 2.75) is 64.3 Å². The molecule has 0 saturated heterocycles. The monoisotopic (exact) mass is 572 g/mol. The van der Waals surface area contributed by atoms with Crippen molar-refractivity contribution < 1.29 is 16.5 Å². The van der Waals surface area contributed by atoms with E-state index in [2.05, 4.69) is 31.7 Å². The number of unbranched alkanes of at least 4 members (excludes halogenated alkanes) is 1. The first kappa shape index (κ1) is 27.0. The predicted octanol–water partition coefficient (Wildman–Crippen LogP) is 7.01. The van der Waals surface area contributed by atoms with Crippen molar-refractivity contribution in [1.82, 2.24) is 14.5 Å². The maximum Gasteiger partial charge on any atom is 0.488 e. The fraction of sp³-hybridized carbons (Fsp3) is 0.323. The molecule has 0 radical (unpaired) electrons. The molecule has 5 aromatic rings. The number of halogens is 1. The molecule has 6 rings (SSSR count). The SMILES string of the molecule is CCCCc1cc2c(=O)c3c4ccc(C#N)cc4[nH]c3n(C3CCCCC3)c2cc1-c1cncc(OS(=O)(=O)F)c1. The van der Waals surface area contributed by atoms with Gasteiger partial charge in [0.1, 0.15) is 5.65 Å². The van der Waals surface area contributed by atoms with E-state index in [-0.39, 0.29) is 17.2 Å². The maximum atomic E-state index is 14.2. The second kappa shape index (κ2) is 10.6. The van der Waals surface area contributed by atoms with Crippen LogP contribution in [0.4, 0.5) is 3.89 Å². The van der Waals surface area contributed by atoms with Gasteiger partial charge in [0.15, 0.2) is 11.2 Å². The predicted molar refractivity (Wildman–Crippen MR) is 157 cm³/mol. The third-order valence-electron chi connectivity index (χ3n) is 8.06. The van der Waals surface area contributed by atoms with Crippen LogP contribution in [-0.4, -0.2) is 23.0 Å². The normalized spacial score (nSPS) is 14.6. The van der Waals surface area contributed by atoms with Crippen molar-refractivity contribution in [3.8, 4) is 22.9 Å². The van der Waals surface area contributed by atoms with Crippen LogP contribution in [-0.2, 0) is 16.9 Å². The van der Waals surface area contributed by atoms with Gasteiger partial charge in [0.05, 0.1) is 28.7 Å². The Bertz CT molecular complexity index is 2020. The Labute approximate surface area is 236 Å². The molecule has 210 valence electrons. The Morgan fingerprint density at radius 1 is 1.12 bits per heavy atom. The van der Waals surface area contributed by atoms with Gasteiger partial charge in [0.2, 0.25) is 0 Å². The lowest BCUT2D eigenvalue weighted by atomic mass is 9.92. The summed E-state index contributed by atoms with van der Waals surface area (Å²) in [6, 6.07) is 13.1. The van der Waals surface area contributed by atoms with Crippen LogP contribution in [0, 0.1) is 11.3 Å². The Morgan fingerprint density at radius 3 is 2.66 bits per heavy atom. The number of fused-ring (bicyclic) bond motifs is 4. The molecule has 1 aliphatic rings. The van der Waals surface area contributed by atoms with E-state index in [0.29, 0.717) is 28.3 Å². The molecule has 41 heavy (non-hydrogen) atoms. The van der Waals surface area contributed by atoms with Gasteiger partial charge in [0, 0.05) is 34.1 Å². The molecule has 10 heteroatoms. The molecule has 2 aromatic carbocycles. The number of nitrogens with zero attached hydrogens (tertiary/aromatic N) is 3. The van der Waals surface area contributed by atoms with Crippen LogP contribution in [0.5, 0.6) is 5.75 Å². The average Bonchev–Trinajstić information content (AvgIpc) is 3.34. The van der Waals surface area contributed by atoms with Gasteiger partial charge < -0.3 is 13.7 Å². The maximum absolute atomic E-state index is 14.2. The van der Waals surface area contributed by atoms with Crippen molar-refractivity contribution in [2.75, 3.05) is 0 Å². The first-order valence-corrected chi connectivity index (χ1v) is 15.2. The van der Waals surface area contributed by atoms with E-state index in [1.165, 1.54) is 12.5 Å². The van der Waals surface area contributed by atoms with E-state index >= 15 is 0 Å². The lowest BCUT2D eigenvalue weighted by Crippen LogP contribution is -2.18. The van der Waals surface area contributed by atoms with Gasteiger partial charge in [-0.3, -0.25) is 9.78 Å². The number of aryl methyl sites for hydroxylation is 1.